The fourth-order valence-corrected chi connectivity index (χ4v) is 5.30. The minimum absolute atomic E-state index is 0.256. The highest BCUT2D eigenvalue weighted by atomic mass is 32.1. The molecule has 3 aromatic rings. The van der Waals surface area contributed by atoms with Crippen molar-refractivity contribution in [1.82, 2.24) is 5.43 Å². The molecule has 9 nitrogen and oxygen atoms in total. The number of rotatable bonds is 6. The van der Waals surface area contributed by atoms with E-state index in [2.05, 4.69) is 15.8 Å². The summed E-state index contributed by atoms with van der Waals surface area (Å²) >= 11 is 1.27. The Bertz CT molecular complexity index is 1430. The molecule has 0 unspecified atom stereocenters. The van der Waals surface area contributed by atoms with Crippen LogP contribution in [0.1, 0.15) is 55.6 Å². The average molecular weight is 520 g/mol. The summed E-state index contributed by atoms with van der Waals surface area (Å²) in [7, 11) is 1.27. The largest absolute Gasteiger partial charge is 0.465 e. The molecule has 2 N–H and O–H groups in total. The number of hydrogen-bond donors (Lipinski definition) is 2. The van der Waals surface area contributed by atoms with E-state index >= 15 is 0 Å². The smallest absolute Gasteiger partial charge is 0.343 e. The van der Waals surface area contributed by atoms with E-state index in [0.717, 1.165) is 35.3 Å². The van der Waals surface area contributed by atoms with E-state index in [1.807, 2.05) is 19.1 Å². The lowest BCUT2D eigenvalue weighted by molar-refractivity contribution is -0.136. The van der Waals surface area contributed by atoms with Gasteiger partial charge in [-0.2, -0.15) is 5.10 Å². The van der Waals surface area contributed by atoms with Crippen molar-refractivity contribution in [2.45, 2.75) is 33.1 Å². The van der Waals surface area contributed by atoms with E-state index in [-0.39, 0.29) is 10.8 Å². The lowest BCUT2D eigenvalue weighted by Gasteiger charge is -2.11. The monoisotopic (exact) mass is 519 g/mol. The molecule has 0 radical (unpaired) electrons. The van der Waals surface area contributed by atoms with Crippen LogP contribution in [0.4, 0.5) is 5.00 Å². The highest BCUT2D eigenvalue weighted by Gasteiger charge is 2.29. The van der Waals surface area contributed by atoms with Gasteiger partial charge in [0.05, 0.1) is 23.9 Å². The molecule has 1 aliphatic rings. The molecule has 37 heavy (non-hydrogen) atoms. The summed E-state index contributed by atoms with van der Waals surface area (Å²) in [5.74, 6) is -2.81. The Labute approximate surface area is 217 Å². The summed E-state index contributed by atoms with van der Waals surface area (Å²) in [5.41, 5.74) is 5.37. The third-order valence-corrected chi connectivity index (χ3v) is 7.12. The highest BCUT2D eigenvalue weighted by molar-refractivity contribution is 7.17. The number of fused-ring (bicyclic) bond motifs is 1. The van der Waals surface area contributed by atoms with Gasteiger partial charge >= 0.3 is 23.8 Å². The SMILES string of the molecule is COC(=O)c1c(NC(=O)C(=O)NN=C(C)c2ccccc2OC(=O)c2ccccc2C)sc2c1CCC2. The Morgan fingerprint density at radius 1 is 0.919 bits per heavy atom. The molecule has 1 aliphatic carbocycles. The van der Waals surface area contributed by atoms with Crippen molar-refractivity contribution >= 4 is 45.8 Å². The van der Waals surface area contributed by atoms with Crippen LogP contribution in [0.25, 0.3) is 0 Å². The van der Waals surface area contributed by atoms with Crippen molar-refractivity contribution in [1.29, 1.82) is 0 Å². The number of nitrogens with one attached hydrogen (secondary N) is 2. The summed E-state index contributed by atoms with van der Waals surface area (Å²) in [6, 6.07) is 13.8. The minimum atomic E-state index is -1.02. The lowest BCUT2D eigenvalue weighted by Crippen LogP contribution is -2.33. The van der Waals surface area contributed by atoms with Crippen LogP contribution in [0.3, 0.4) is 0 Å². The zero-order valence-corrected chi connectivity index (χ0v) is 21.4. The highest BCUT2D eigenvalue weighted by Crippen LogP contribution is 2.39. The van der Waals surface area contributed by atoms with Gasteiger partial charge in [-0.1, -0.05) is 30.3 Å². The van der Waals surface area contributed by atoms with Gasteiger partial charge in [-0.05, 0) is 62.4 Å². The number of anilines is 1. The minimum Gasteiger partial charge on any atom is -0.465 e. The summed E-state index contributed by atoms with van der Waals surface area (Å²) in [6.07, 6.45) is 2.45. The van der Waals surface area contributed by atoms with Crippen molar-refractivity contribution in [2.24, 2.45) is 5.10 Å². The summed E-state index contributed by atoms with van der Waals surface area (Å²) in [5, 5.41) is 6.81. The van der Waals surface area contributed by atoms with E-state index in [9.17, 15) is 19.2 Å². The van der Waals surface area contributed by atoms with Crippen LogP contribution in [0.15, 0.2) is 53.6 Å². The molecular formula is C27H25N3O6S. The molecule has 0 saturated heterocycles. The maximum absolute atomic E-state index is 12.7. The first-order chi connectivity index (χ1) is 17.8. The van der Waals surface area contributed by atoms with Crippen molar-refractivity contribution < 1.29 is 28.7 Å². The Kier molecular flexibility index (Phi) is 7.78. The molecular weight excluding hydrogens is 494 g/mol. The number of methoxy groups -OCH3 is 1. The number of hydrazone groups is 1. The van der Waals surface area contributed by atoms with Crippen molar-refractivity contribution in [3.05, 3.63) is 81.2 Å². The van der Waals surface area contributed by atoms with E-state index in [1.165, 1.54) is 18.4 Å². The van der Waals surface area contributed by atoms with Gasteiger partial charge in [-0.3, -0.25) is 9.59 Å². The van der Waals surface area contributed by atoms with Gasteiger partial charge in [0.1, 0.15) is 10.8 Å². The molecule has 2 aromatic carbocycles. The van der Waals surface area contributed by atoms with Crippen molar-refractivity contribution in [2.75, 3.05) is 12.4 Å². The fourth-order valence-electron chi connectivity index (χ4n) is 4.03. The Balaban J connectivity index is 1.46. The number of nitrogens with zero attached hydrogens (tertiary/aromatic N) is 1. The van der Waals surface area contributed by atoms with Gasteiger partial charge in [-0.15, -0.1) is 11.3 Å². The van der Waals surface area contributed by atoms with E-state index in [0.29, 0.717) is 22.4 Å². The number of aryl methyl sites for hydroxylation is 2. The predicted octanol–water partition coefficient (Wildman–Crippen LogP) is 4.03. The number of para-hydroxylation sites is 1. The first kappa shape index (κ1) is 25.8. The van der Waals surface area contributed by atoms with Gasteiger partial charge in [0.2, 0.25) is 0 Å². The zero-order chi connectivity index (χ0) is 26.5. The average Bonchev–Trinajstić information content (AvgIpc) is 3.48. The van der Waals surface area contributed by atoms with Crippen LogP contribution in [-0.2, 0) is 27.2 Å². The number of esters is 2. The predicted molar refractivity (Wildman–Crippen MR) is 139 cm³/mol. The molecule has 0 aliphatic heterocycles. The van der Waals surface area contributed by atoms with E-state index in [1.54, 1.807) is 43.3 Å². The molecule has 2 amide bonds. The number of ether oxygens (including phenoxy) is 2. The quantitative estimate of drug-likeness (QED) is 0.167. The van der Waals surface area contributed by atoms with Crippen LogP contribution >= 0.6 is 11.3 Å². The topological polar surface area (TPSA) is 123 Å². The number of amides is 2. The van der Waals surface area contributed by atoms with Gasteiger partial charge in [0, 0.05) is 10.4 Å². The molecule has 0 bridgehead atoms. The number of hydrogen-bond acceptors (Lipinski definition) is 8. The maximum atomic E-state index is 12.7. The Morgan fingerprint density at radius 3 is 2.35 bits per heavy atom. The molecule has 0 spiro atoms. The van der Waals surface area contributed by atoms with Gasteiger partial charge in [0.25, 0.3) is 0 Å². The molecule has 0 saturated carbocycles. The molecule has 0 fully saturated rings. The second-order valence-corrected chi connectivity index (χ2v) is 9.45. The summed E-state index contributed by atoms with van der Waals surface area (Å²) in [6.45, 7) is 3.42. The molecule has 4 rings (SSSR count). The van der Waals surface area contributed by atoms with E-state index in [4.69, 9.17) is 9.47 Å². The first-order valence-electron chi connectivity index (χ1n) is 11.6. The number of carbonyl (C=O) groups excluding carboxylic acids is 4. The van der Waals surface area contributed by atoms with Crippen LogP contribution in [0.5, 0.6) is 5.75 Å². The summed E-state index contributed by atoms with van der Waals surface area (Å²) < 4.78 is 10.5. The second kappa shape index (κ2) is 11.2. The van der Waals surface area contributed by atoms with E-state index < -0.39 is 23.8 Å². The molecule has 1 aromatic heterocycles. The van der Waals surface area contributed by atoms with Crippen LogP contribution in [0, 0.1) is 6.92 Å². The molecule has 0 atom stereocenters. The van der Waals surface area contributed by atoms with Crippen LogP contribution in [-0.4, -0.2) is 36.6 Å². The van der Waals surface area contributed by atoms with Crippen molar-refractivity contribution in [3.8, 4) is 5.75 Å². The third-order valence-electron chi connectivity index (χ3n) is 5.91. The molecule has 1 heterocycles. The molecule has 190 valence electrons. The number of carbonyl (C=O) groups is 4. The fraction of sp³-hybridized carbons (Fsp3) is 0.222. The zero-order valence-electron chi connectivity index (χ0n) is 20.5. The Hall–Kier alpha value is -4.31. The lowest BCUT2D eigenvalue weighted by atomic mass is 10.1. The number of thiophene rings is 1. The number of benzene rings is 2. The van der Waals surface area contributed by atoms with Crippen LogP contribution in [0.2, 0.25) is 0 Å². The summed E-state index contributed by atoms with van der Waals surface area (Å²) in [4.78, 5) is 51.0. The Morgan fingerprint density at radius 2 is 1.62 bits per heavy atom. The van der Waals surface area contributed by atoms with Gasteiger partial charge in [0.15, 0.2) is 0 Å². The van der Waals surface area contributed by atoms with Gasteiger partial charge in [-0.25, -0.2) is 15.0 Å². The molecule has 10 heteroatoms. The van der Waals surface area contributed by atoms with Crippen LogP contribution < -0.4 is 15.5 Å². The second-order valence-electron chi connectivity index (χ2n) is 8.35. The normalized spacial score (nSPS) is 12.5. The standard InChI is InChI=1S/C27H25N3O6S/c1-15-9-4-5-10-17(15)26(33)36-20-13-7-6-11-18(20)16(2)29-30-24(32)23(31)28-25-22(27(34)35-3)19-12-8-14-21(19)37-25/h4-7,9-11,13H,8,12,14H2,1-3H3,(H,28,31)(H,30,32). The van der Waals surface area contributed by atoms with Gasteiger partial charge < -0.3 is 14.8 Å². The van der Waals surface area contributed by atoms with Crippen molar-refractivity contribution in [3.63, 3.8) is 0 Å². The third kappa shape index (κ3) is 5.59. The maximum Gasteiger partial charge on any atom is 0.343 e. The first-order valence-corrected chi connectivity index (χ1v) is 12.4.